The number of rotatable bonds is 17. The van der Waals surface area contributed by atoms with Crippen LogP contribution >= 0.6 is 0 Å². The fourth-order valence-electron chi connectivity index (χ4n) is 4.04. The number of hydrogen-bond acceptors (Lipinski definition) is 9. The number of aromatic hydroxyl groups is 2. The molecule has 0 spiro atoms. The number of carbonyl (C=O) groups excluding carboxylic acids is 4. The van der Waals surface area contributed by atoms with E-state index in [9.17, 15) is 39.3 Å². The number of carbonyl (C=O) groups is 5. The Kier molecular flexibility index (Phi) is 13.2. The normalized spacial score (nSPS) is 13.7. The van der Waals surface area contributed by atoms with Crippen LogP contribution in [0.15, 0.2) is 48.5 Å². The molecule has 4 atom stereocenters. The molecule has 14 nitrogen and oxygen atoms in total. The van der Waals surface area contributed by atoms with Gasteiger partial charge in [0.15, 0.2) is 0 Å². The molecule has 2 aromatic carbocycles. The Morgan fingerprint density at radius 1 is 0.690 bits per heavy atom. The van der Waals surface area contributed by atoms with Gasteiger partial charge < -0.3 is 48.5 Å². The second-order valence-electron chi connectivity index (χ2n) is 9.82. The Bertz CT molecular complexity index is 1220. The van der Waals surface area contributed by atoms with Gasteiger partial charge in [-0.3, -0.25) is 19.2 Å². The number of aliphatic carboxylic acids is 1. The highest BCUT2D eigenvalue weighted by atomic mass is 16.4. The lowest BCUT2D eigenvalue weighted by Gasteiger charge is -2.25. The third-order valence-corrected chi connectivity index (χ3v) is 6.34. The van der Waals surface area contributed by atoms with Crippen LogP contribution in [0, 0.1) is 0 Å². The highest BCUT2D eigenvalue weighted by Crippen LogP contribution is 2.13. The molecule has 0 aliphatic rings. The number of phenolic OH excluding ortho intramolecular Hbond substituents is 2. The molecular formula is C28H38N6O8. The second kappa shape index (κ2) is 16.5. The first-order valence-electron chi connectivity index (χ1n) is 13.3. The average Bonchev–Trinajstić information content (AvgIpc) is 2.93. The van der Waals surface area contributed by atoms with Gasteiger partial charge in [0, 0.05) is 6.42 Å². The van der Waals surface area contributed by atoms with Crippen LogP contribution in [0.3, 0.4) is 0 Å². The van der Waals surface area contributed by atoms with Gasteiger partial charge in [-0.1, -0.05) is 24.3 Å². The van der Waals surface area contributed by atoms with Crippen LogP contribution in [-0.2, 0) is 36.8 Å². The first kappa shape index (κ1) is 33.5. The summed E-state index contributed by atoms with van der Waals surface area (Å²) in [7, 11) is 0. The van der Waals surface area contributed by atoms with Gasteiger partial charge in [-0.05, 0) is 67.6 Å². The van der Waals surface area contributed by atoms with Gasteiger partial charge in [0.25, 0.3) is 0 Å². The summed E-state index contributed by atoms with van der Waals surface area (Å²) in [4.78, 5) is 62.7. The molecule has 0 saturated carbocycles. The summed E-state index contributed by atoms with van der Waals surface area (Å²) in [6.45, 7) is 0.340. The van der Waals surface area contributed by atoms with Crippen LogP contribution in [0.25, 0.3) is 0 Å². The first-order chi connectivity index (χ1) is 19.9. The fourth-order valence-corrected chi connectivity index (χ4v) is 4.04. The van der Waals surface area contributed by atoms with Crippen molar-refractivity contribution in [3.05, 3.63) is 59.7 Å². The van der Waals surface area contributed by atoms with E-state index in [4.69, 9.17) is 17.2 Å². The smallest absolute Gasteiger partial charge is 0.326 e. The maximum absolute atomic E-state index is 13.2. The molecule has 0 bridgehead atoms. The van der Waals surface area contributed by atoms with Gasteiger partial charge in [-0.15, -0.1) is 0 Å². The molecule has 42 heavy (non-hydrogen) atoms. The van der Waals surface area contributed by atoms with E-state index < -0.39 is 60.2 Å². The van der Waals surface area contributed by atoms with E-state index in [-0.39, 0.29) is 30.8 Å². The zero-order valence-electron chi connectivity index (χ0n) is 23.0. The van der Waals surface area contributed by atoms with Crippen molar-refractivity contribution in [3.63, 3.8) is 0 Å². The predicted octanol–water partition coefficient (Wildman–Crippen LogP) is -1.25. The lowest BCUT2D eigenvalue weighted by atomic mass is 10.0. The molecule has 0 aromatic heterocycles. The number of phenols is 2. The van der Waals surface area contributed by atoms with E-state index in [2.05, 4.69) is 16.0 Å². The molecule has 228 valence electrons. The van der Waals surface area contributed by atoms with Crippen molar-refractivity contribution in [2.75, 3.05) is 6.54 Å². The Labute approximate surface area is 242 Å². The molecule has 0 aliphatic heterocycles. The molecule has 14 heteroatoms. The highest BCUT2D eigenvalue weighted by molar-refractivity contribution is 5.96. The second-order valence-corrected chi connectivity index (χ2v) is 9.82. The monoisotopic (exact) mass is 586 g/mol. The van der Waals surface area contributed by atoms with E-state index in [0.29, 0.717) is 30.5 Å². The minimum absolute atomic E-state index is 0.0201. The van der Waals surface area contributed by atoms with Crippen LogP contribution in [0.1, 0.15) is 36.8 Å². The molecule has 12 N–H and O–H groups in total. The Morgan fingerprint density at radius 2 is 1.17 bits per heavy atom. The summed E-state index contributed by atoms with van der Waals surface area (Å²) in [5, 5.41) is 35.8. The topological polar surface area (TPSA) is 260 Å². The SMILES string of the molecule is NCCCCC(NC(=O)C(N)Cc1ccc(O)cc1)C(=O)NC(CC(N)=O)C(=O)NC(Cc1ccc(O)cc1)C(=O)O. The van der Waals surface area contributed by atoms with E-state index >= 15 is 0 Å². The summed E-state index contributed by atoms with van der Waals surface area (Å²) in [6.07, 6.45) is 0.477. The number of nitrogens with one attached hydrogen (secondary N) is 3. The lowest BCUT2D eigenvalue weighted by molar-refractivity contribution is -0.142. The van der Waals surface area contributed by atoms with Crippen LogP contribution in [0.2, 0.25) is 0 Å². The van der Waals surface area contributed by atoms with Crippen LogP contribution < -0.4 is 33.2 Å². The van der Waals surface area contributed by atoms with Crippen LogP contribution in [0.5, 0.6) is 11.5 Å². The molecule has 0 aliphatic carbocycles. The molecule has 0 saturated heterocycles. The zero-order valence-corrected chi connectivity index (χ0v) is 23.0. The number of nitrogens with two attached hydrogens (primary N) is 3. The quantitative estimate of drug-likeness (QED) is 0.0995. The van der Waals surface area contributed by atoms with Crippen molar-refractivity contribution in [1.29, 1.82) is 0 Å². The highest BCUT2D eigenvalue weighted by Gasteiger charge is 2.31. The fraction of sp³-hybridized carbons (Fsp3) is 0.393. The summed E-state index contributed by atoms with van der Waals surface area (Å²) >= 11 is 0. The van der Waals surface area contributed by atoms with Crippen LogP contribution in [0.4, 0.5) is 0 Å². The summed E-state index contributed by atoms with van der Waals surface area (Å²) in [5.74, 6) is -4.68. The molecule has 0 heterocycles. The number of hydrogen-bond donors (Lipinski definition) is 9. The number of primary amides is 1. The number of unbranched alkanes of at least 4 members (excludes halogenated alkanes) is 1. The predicted molar refractivity (Wildman–Crippen MR) is 152 cm³/mol. The molecule has 0 radical (unpaired) electrons. The number of carboxylic acids is 1. The minimum atomic E-state index is -1.53. The number of benzene rings is 2. The van der Waals surface area contributed by atoms with Gasteiger partial charge in [0.2, 0.25) is 23.6 Å². The minimum Gasteiger partial charge on any atom is -0.508 e. The van der Waals surface area contributed by atoms with Crippen LogP contribution in [-0.4, -0.2) is 75.6 Å². The van der Waals surface area contributed by atoms with Gasteiger partial charge in [0.1, 0.15) is 29.6 Å². The standard InChI is InChI=1S/C28H38N6O8/c29-12-2-1-3-21(32-25(38)20(30)13-16-4-8-18(35)9-5-16)26(39)33-22(15-24(31)37)27(40)34-23(28(41)42)14-17-6-10-19(36)11-7-17/h4-11,20-23,35-36H,1-3,12-15,29-30H2,(H2,31,37)(H,32,38)(H,33,39)(H,34,40)(H,41,42). The first-order valence-corrected chi connectivity index (χ1v) is 13.3. The Hall–Kier alpha value is -4.69. The molecule has 2 rings (SSSR count). The van der Waals surface area contributed by atoms with E-state index in [1.165, 1.54) is 36.4 Å². The Morgan fingerprint density at radius 3 is 1.67 bits per heavy atom. The van der Waals surface area contributed by atoms with Gasteiger partial charge in [-0.25, -0.2) is 4.79 Å². The Balaban J connectivity index is 2.14. The molecule has 2 aromatic rings. The number of amides is 4. The van der Waals surface area contributed by atoms with Crippen molar-refractivity contribution in [1.82, 2.24) is 16.0 Å². The molecule has 4 unspecified atom stereocenters. The lowest BCUT2D eigenvalue weighted by Crippen LogP contribution is -2.58. The van der Waals surface area contributed by atoms with Gasteiger partial charge in [-0.2, -0.15) is 0 Å². The van der Waals surface area contributed by atoms with E-state index in [1.54, 1.807) is 12.1 Å². The van der Waals surface area contributed by atoms with Crippen molar-refractivity contribution in [2.45, 2.75) is 62.7 Å². The van der Waals surface area contributed by atoms with E-state index in [1.807, 2.05) is 0 Å². The summed E-state index contributed by atoms with van der Waals surface area (Å²) in [5.41, 5.74) is 18.1. The molecular weight excluding hydrogens is 548 g/mol. The van der Waals surface area contributed by atoms with Gasteiger partial charge in [0.05, 0.1) is 12.5 Å². The third-order valence-electron chi connectivity index (χ3n) is 6.34. The number of carboxylic acid groups (broad SMARTS) is 1. The maximum atomic E-state index is 13.2. The van der Waals surface area contributed by atoms with Crippen molar-refractivity contribution in [2.24, 2.45) is 17.2 Å². The third kappa shape index (κ3) is 11.4. The van der Waals surface area contributed by atoms with Gasteiger partial charge >= 0.3 is 5.97 Å². The maximum Gasteiger partial charge on any atom is 0.326 e. The van der Waals surface area contributed by atoms with Crippen molar-refractivity contribution >= 4 is 29.6 Å². The molecule has 0 fully saturated rings. The average molecular weight is 587 g/mol. The molecule has 4 amide bonds. The van der Waals surface area contributed by atoms with Crippen molar-refractivity contribution in [3.8, 4) is 11.5 Å². The van der Waals surface area contributed by atoms with Crippen molar-refractivity contribution < 1.29 is 39.3 Å². The van der Waals surface area contributed by atoms with E-state index in [0.717, 1.165) is 0 Å². The summed E-state index contributed by atoms with van der Waals surface area (Å²) in [6, 6.07) is 6.67. The zero-order chi connectivity index (χ0) is 31.2. The largest absolute Gasteiger partial charge is 0.508 e. The summed E-state index contributed by atoms with van der Waals surface area (Å²) < 4.78 is 0.